The number of carboxylic acid groups (broad SMARTS) is 1. The molecule has 1 atom stereocenters. The van der Waals surface area contributed by atoms with E-state index in [-0.39, 0.29) is 11.8 Å². The molecule has 1 aliphatic heterocycles. The minimum atomic E-state index is -1.47. The van der Waals surface area contributed by atoms with E-state index in [1.54, 1.807) is 4.90 Å². The molecule has 0 spiro atoms. The molecule has 1 unspecified atom stereocenters. The highest BCUT2D eigenvalue weighted by Gasteiger charge is 2.25. The van der Waals surface area contributed by atoms with Crippen LogP contribution in [0.3, 0.4) is 0 Å². The highest BCUT2D eigenvalue weighted by Crippen LogP contribution is 2.27. The summed E-state index contributed by atoms with van der Waals surface area (Å²) in [7, 11) is 0. The lowest BCUT2D eigenvalue weighted by atomic mass is 10.1. The van der Waals surface area contributed by atoms with Crippen LogP contribution in [0.2, 0.25) is 0 Å². The number of hydrogen-bond donors (Lipinski definition) is 1. The van der Waals surface area contributed by atoms with E-state index >= 15 is 0 Å². The Morgan fingerprint density at radius 3 is 2.85 bits per heavy atom. The van der Waals surface area contributed by atoms with Crippen LogP contribution in [0.5, 0.6) is 0 Å². The first kappa shape index (κ1) is 14.7. The van der Waals surface area contributed by atoms with Crippen molar-refractivity contribution in [3.05, 3.63) is 29.3 Å². The van der Waals surface area contributed by atoms with Gasteiger partial charge in [0, 0.05) is 19.7 Å². The molecule has 0 radical (unpaired) electrons. The summed E-state index contributed by atoms with van der Waals surface area (Å²) < 4.78 is 33.2. The Morgan fingerprint density at radius 1 is 1.45 bits per heavy atom. The Bertz CT molecular complexity index is 505. The quantitative estimate of drug-likeness (QED) is 0.924. The van der Waals surface area contributed by atoms with E-state index in [2.05, 4.69) is 0 Å². The first-order valence-corrected chi connectivity index (χ1v) is 6.62. The molecule has 0 bridgehead atoms. The summed E-state index contributed by atoms with van der Waals surface area (Å²) in [5, 5.41) is 8.76. The lowest BCUT2D eigenvalue weighted by Gasteiger charge is -2.34. The molecule has 6 heteroatoms. The lowest BCUT2D eigenvalue weighted by molar-refractivity contribution is 0.0525. The summed E-state index contributed by atoms with van der Waals surface area (Å²) in [6, 6.07) is 2.41. The van der Waals surface area contributed by atoms with Gasteiger partial charge in [0.05, 0.1) is 17.4 Å². The smallest absolute Gasteiger partial charge is 0.338 e. The molecule has 1 aliphatic rings. The van der Waals surface area contributed by atoms with E-state index in [0.717, 1.165) is 18.9 Å². The first-order valence-electron chi connectivity index (χ1n) is 6.62. The largest absolute Gasteiger partial charge is 0.478 e. The van der Waals surface area contributed by atoms with Crippen LogP contribution in [0.15, 0.2) is 12.1 Å². The second-order valence-corrected chi connectivity index (χ2v) is 4.73. The highest BCUT2D eigenvalue weighted by atomic mass is 19.2. The van der Waals surface area contributed by atoms with Gasteiger partial charge in [0.2, 0.25) is 0 Å². The van der Waals surface area contributed by atoms with Crippen molar-refractivity contribution in [3.63, 3.8) is 0 Å². The number of aromatic carboxylic acids is 1. The second-order valence-electron chi connectivity index (χ2n) is 4.73. The minimum Gasteiger partial charge on any atom is -0.478 e. The summed E-state index contributed by atoms with van der Waals surface area (Å²) in [5.74, 6) is -3.89. The van der Waals surface area contributed by atoms with Crippen molar-refractivity contribution in [2.24, 2.45) is 0 Å². The number of ether oxygens (including phenoxy) is 1. The van der Waals surface area contributed by atoms with Crippen molar-refractivity contribution in [1.29, 1.82) is 0 Å². The van der Waals surface area contributed by atoms with Gasteiger partial charge in [0.15, 0.2) is 11.6 Å². The van der Waals surface area contributed by atoms with Crippen molar-refractivity contribution in [2.45, 2.75) is 25.9 Å². The van der Waals surface area contributed by atoms with Gasteiger partial charge in [0.25, 0.3) is 0 Å². The van der Waals surface area contributed by atoms with Crippen LogP contribution >= 0.6 is 0 Å². The van der Waals surface area contributed by atoms with Crippen LogP contribution in [0.4, 0.5) is 14.5 Å². The molecule has 1 heterocycles. The Labute approximate surface area is 116 Å². The lowest BCUT2D eigenvalue weighted by Crippen LogP contribution is -2.40. The standard InChI is InChI=1S/C14H17F2NO3/c1-2-20-9-4-3-7-17(8-9)11-6-5-10(14(18)19)12(15)13(11)16/h5-6,9H,2-4,7-8H2,1H3,(H,18,19). The van der Waals surface area contributed by atoms with Crippen LogP contribution in [-0.4, -0.2) is 36.9 Å². The third-order valence-corrected chi connectivity index (χ3v) is 3.41. The van der Waals surface area contributed by atoms with Crippen molar-refractivity contribution in [2.75, 3.05) is 24.6 Å². The van der Waals surface area contributed by atoms with Gasteiger partial charge in [-0.15, -0.1) is 0 Å². The molecule has 2 rings (SSSR count). The van der Waals surface area contributed by atoms with E-state index in [9.17, 15) is 13.6 Å². The van der Waals surface area contributed by atoms with Gasteiger partial charge in [-0.3, -0.25) is 0 Å². The highest BCUT2D eigenvalue weighted by molar-refractivity contribution is 5.88. The average molecular weight is 285 g/mol. The number of halogens is 2. The summed E-state index contributed by atoms with van der Waals surface area (Å²) >= 11 is 0. The molecular formula is C14H17F2NO3. The van der Waals surface area contributed by atoms with Crippen LogP contribution < -0.4 is 4.90 Å². The molecular weight excluding hydrogens is 268 g/mol. The van der Waals surface area contributed by atoms with Gasteiger partial charge in [0.1, 0.15) is 0 Å². The molecule has 1 fully saturated rings. The molecule has 1 saturated heterocycles. The summed E-state index contributed by atoms with van der Waals surface area (Å²) in [6.07, 6.45) is 1.71. The Balaban J connectivity index is 2.24. The normalized spacial score (nSPS) is 19.1. The number of carbonyl (C=O) groups is 1. The van der Waals surface area contributed by atoms with Gasteiger partial charge >= 0.3 is 5.97 Å². The van der Waals surface area contributed by atoms with Crippen molar-refractivity contribution in [3.8, 4) is 0 Å². The number of rotatable bonds is 4. The van der Waals surface area contributed by atoms with Gasteiger partial charge in [-0.2, -0.15) is 0 Å². The van der Waals surface area contributed by atoms with Gasteiger partial charge in [-0.05, 0) is 31.9 Å². The monoisotopic (exact) mass is 285 g/mol. The molecule has 1 aromatic carbocycles. The van der Waals surface area contributed by atoms with Gasteiger partial charge < -0.3 is 14.7 Å². The van der Waals surface area contributed by atoms with Crippen molar-refractivity contribution >= 4 is 11.7 Å². The van der Waals surface area contributed by atoms with Crippen LogP contribution in [-0.2, 0) is 4.74 Å². The molecule has 1 N–H and O–H groups in total. The van der Waals surface area contributed by atoms with Gasteiger partial charge in [-0.25, -0.2) is 13.6 Å². The molecule has 4 nitrogen and oxygen atoms in total. The number of hydrogen-bond acceptors (Lipinski definition) is 3. The van der Waals surface area contributed by atoms with E-state index in [0.29, 0.717) is 19.7 Å². The molecule has 0 saturated carbocycles. The number of benzene rings is 1. The van der Waals surface area contributed by atoms with Crippen LogP contribution in [0.1, 0.15) is 30.1 Å². The molecule has 0 aromatic heterocycles. The molecule has 1 aromatic rings. The van der Waals surface area contributed by atoms with Crippen molar-refractivity contribution < 1.29 is 23.4 Å². The molecule has 0 amide bonds. The summed E-state index contributed by atoms with van der Waals surface area (Å²) in [6.45, 7) is 3.55. The third kappa shape index (κ3) is 2.90. The maximum absolute atomic E-state index is 14.0. The average Bonchev–Trinajstić information content (AvgIpc) is 2.42. The Kier molecular flexibility index (Phi) is 4.54. The Hall–Kier alpha value is -1.69. The van der Waals surface area contributed by atoms with E-state index in [1.165, 1.54) is 6.07 Å². The maximum Gasteiger partial charge on any atom is 0.338 e. The minimum absolute atomic E-state index is 0.00429. The fourth-order valence-electron chi connectivity index (χ4n) is 2.48. The maximum atomic E-state index is 14.0. The number of carboxylic acids is 1. The fraction of sp³-hybridized carbons (Fsp3) is 0.500. The third-order valence-electron chi connectivity index (χ3n) is 3.41. The zero-order valence-electron chi connectivity index (χ0n) is 11.2. The summed E-state index contributed by atoms with van der Waals surface area (Å²) in [5.41, 5.74) is -0.554. The summed E-state index contributed by atoms with van der Waals surface area (Å²) in [4.78, 5) is 12.5. The van der Waals surface area contributed by atoms with E-state index < -0.39 is 23.2 Å². The number of nitrogens with zero attached hydrogens (tertiary/aromatic N) is 1. The second kappa shape index (κ2) is 6.17. The number of piperidine rings is 1. The zero-order chi connectivity index (χ0) is 14.7. The zero-order valence-corrected chi connectivity index (χ0v) is 11.2. The molecule has 0 aliphatic carbocycles. The topological polar surface area (TPSA) is 49.8 Å². The Morgan fingerprint density at radius 2 is 2.20 bits per heavy atom. The first-order chi connectivity index (χ1) is 9.54. The molecule has 110 valence electrons. The molecule has 20 heavy (non-hydrogen) atoms. The van der Waals surface area contributed by atoms with Crippen LogP contribution in [0.25, 0.3) is 0 Å². The fourth-order valence-corrected chi connectivity index (χ4v) is 2.48. The predicted octanol–water partition coefficient (Wildman–Crippen LogP) is 2.67. The van der Waals surface area contributed by atoms with Gasteiger partial charge in [-0.1, -0.05) is 0 Å². The van der Waals surface area contributed by atoms with Crippen LogP contribution in [0, 0.1) is 11.6 Å². The number of anilines is 1. The predicted molar refractivity (Wildman–Crippen MR) is 70.2 cm³/mol. The van der Waals surface area contributed by atoms with Crippen molar-refractivity contribution in [1.82, 2.24) is 0 Å². The van der Waals surface area contributed by atoms with E-state index in [1.807, 2.05) is 6.92 Å². The SMILES string of the molecule is CCOC1CCCN(c2ccc(C(=O)O)c(F)c2F)C1. The van der Waals surface area contributed by atoms with E-state index in [4.69, 9.17) is 9.84 Å².